The van der Waals surface area contributed by atoms with Gasteiger partial charge in [-0.3, -0.25) is 4.79 Å². The Hall–Kier alpha value is -2.72. The topological polar surface area (TPSA) is 133 Å². The maximum absolute atomic E-state index is 11.8. The summed E-state index contributed by atoms with van der Waals surface area (Å²) in [5.74, 6) is 4.65. The van der Waals surface area contributed by atoms with E-state index < -0.39 is 18.0 Å². The van der Waals surface area contributed by atoms with E-state index in [-0.39, 0.29) is 25.5 Å². The molecule has 0 aliphatic heterocycles. The highest BCUT2D eigenvalue weighted by Crippen LogP contribution is 1.96. The van der Waals surface area contributed by atoms with E-state index in [1.54, 1.807) is 6.92 Å². The molecule has 0 rings (SSSR count). The number of nitrogens with zero attached hydrogens (tertiary/aromatic N) is 3. The number of hydrogen-bond donors (Lipinski definition) is 2. The smallest absolute Gasteiger partial charge is 0.407 e. The molecule has 0 saturated heterocycles. The molecule has 0 fully saturated rings. The van der Waals surface area contributed by atoms with Gasteiger partial charge in [0.2, 0.25) is 5.91 Å². The third kappa shape index (κ3) is 10.1. The van der Waals surface area contributed by atoms with Crippen LogP contribution in [0, 0.1) is 11.8 Å². The monoisotopic (exact) mass is 309 g/mol. The van der Waals surface area contributed by atoms with Crippen LogP contribution in [-0.4, -0.2) is 43.5 Å². The summed E-state index contributed by atoms with van der Waals surface area (Å²) < 4.78 is 4.77. The van der Waals surface area contributed by atoms with Gasteiger partial charge in [-0.05, 0) is 25.8 Å². The minimum absolute atomic E-state index is 0.0241. The van der Waals surface area contributed by atoms with E-state index in [9.17, 15) is 14.4 Å². The normalized spacial score (nSPS) is 10.3. The Balaban J connectivity index is 4.19. The molecular formula is C13H19N5O4. The number of hydrogen-bond acceptors (Lipinski definition) is 5. The van der Waals surface area contributed by atoms with Crippen LogP contribution < -0.4 is 10.6 Å². The zero-order chi connectivity index (χ0) is 16.8. The van der Waals surface area contributed by atoms with Gasteiger partial charge in [-0.25, -0.2) is 4.79 Å². The molecule has 2 N–H and O–H groups in total. The molecule has 0 saturated carbocycles. The van der Waals surface area contributed by atoms with Crippen molar-refractivity contribution in [2.75, 3.05) is 19.7 Å². The first-order valence-corrected chi connectivity index (χ1v) is 6.62. The summed E-state index contributed by atoms with van der Waals surface area (Å²) in [5.41, 5.74) is 8.43. The van der Waals surface area contributed by atoms with E-state index in [1.165, 1.54) is 6.92 Å². The molecule has 0 spiro atoms. The fourth-order valence-electron chi connectivity index (χ4n) is 1.30. The number of amides is 2. The highest BCUT2D eigenvalue weighted by Gasteiger charge is 2.18. The molecule has 22 heavy (non-hydrogen) atoms. The van der Waals surface area contributed by atoms with Gasteiger partial charge < -0.3 is 20.2 Å². The van der Waals surface area contributed by atoms with Gasteiger partial charge in [-0.2, -0.15) is 0 Å². The number of nitrogens with one attached hydrogen (secondary N) is 2. The molecule has 1 unspecified atom stereocenters. The minimum atomic E-state index is -1.16. The molecule has 0 aliphatic carbocycles. The molecule has 9 nitrogen and oxygen atoms in total. The molecule has 0 heterocycles. The van der Waals surface area contributed by atoms with Crippen LogP contribution in [0.4, 0.5) is 4.79 Å². The van der Waals surface area contributed by atoms with Crippen molar-refractivity contribution in [2.45, 2.75) is 32.7 Å². The summed E-state index contributed by atoms with van der Waals surface area (Å²) in [6, 6.07) is -1.16. The van der Waals surface area contributed by atoms with E-state index in [4.69, 9.17) is 10.3 Å². The van der Waals surface area contributed by atoms with Gasteiger partial charge in [0.1, 0.15) is 12.4 Å². The third-order valence-electron chi connectivity index (χ3n) is 2.37. The van der Waals surface area contributed by atoms with Crippen molar-refractivity contribution < 1.29 is 19.1 Å². The summed E-state index contributed by atoms with van der Waals surface area (Å²) in [6.07, 6.45) is 0.0792. The number of Topliss-reactive ketones (excluding diaryl/α,β-unsaturated/α-hetero) is 1. The quantitative estimate of drug-likeness (QED) is 0.215. The lowest BCUT2D eigenvalue weighted by atomic mass is 10.2. The second-order valence-electron chi connectivity index (χ2n) is 4.20. The predicted octanol–water partition coefficient (Wildman–Crippen LogP) is 0.900. The van der Waals surface area contributed by atoms with Gasteiger partial charge >= 0.3 is 6.09 Å². The SMILES string of the molecule is CC#CCNC(=O)OCC(N=[N+]=[N-])C(=O)NCCCC(C)=O. The van der Waals surface area contributed by atoms with Gasteiger partial charge in [0.05, 0.1) is 6.54 Å². The minimum Gasteiger partial charge on any atom is -0.449 e. The molecule has 0 aliphatic rings. The number of azide groups is 1. The van der Waals surface area contributed by atoms with E-state index in [1.807, 2.05) is 0 Å². The predicted molar refractivity (Wildman–Crippen MR) is 78.7 cm³/mol. The van der Waals surface area contributed by atoms with Crippen LogP contribution in [0.3, 0.4) is 0 Å². The van der Waals surface area contributed by atoms with Crippen LogP contribution in [0.5, 0.6) is 0 Å². The van der Waals surface area contributed by atoms with E-state index in [0.717, 1.165) is 0 Å². The number of ketones is 1. The number of carbonyl (C=O) groups is 3. The van der Waals surface area contributed by atoms with Gasteiger partial charge in [-0.15, -0.1) is 5.92 Å². The first kappa shape index (κ1) is 19.3. The van der Waals surface area contributed by atoms with Gasteiger partial charge in [-0.1, -0.05) is 11.0 Å². The largest absolute Gasteiger partial charge is 0.449 e. The van der Waals surface area contributed by atoms with Crippen molar-refractivity contribution in [2.24, 2.45) is 5.11 Å². The molecule has 0 radical (unpaired) electrons. The van der Waals surface area contributed by atoms with Crippen LogP contribution in [0.1, 0.15) is 26.7 Å². The van der Waals surface area contributed by atoms with E-state index in [0.29, 0.717) is 12.8 Å². The lowest BCUT2D eigenvalue weighted by Gasteiger charge is -2.12. The second kappa shape index (κ2) is 12.1. The lowest BCUT2D eigenvalue weighted by Crippen LogP contribution is -2.38. The Bertz CT molecular complexity index is 502. The lowest BCUT2D eigenvalue weighted by molar-refractivity contribution is -0.123. The van der Waals surface area contributed by atoms with Crippen LogP contribution in [-0.2, 0) is 14.3 Å². The van der Waals surface area contributed by atoms with Gasteiger partial charge in [0.25, 0.3) is 0 Å². The Morgan fingerprint density at radius 3 is 2.68 bits per heavy atom. The summed E-state index contributed by atoms with van der Waals surface area (Å²) in [6.45, 7) is 3.10. The van der Waals surface area contributed by atoms with Crippen molar-refractivity contribution in [3.05, 3.63) is 10.4 Å². The first-order chi connectivity index (χ1) is 10.5. The maximum Gasteiger partial charge on any atom is 0.407 e. The van der Waals surface area contributed by atoms with Crippen molar-refractivity contribution in [3.63, 3.8) is 0 Å². The Morgan fingerprint density at radius 1 is 1.36 bits per heavy atom. The van der Waals surface area contributed by atoms with E-state index >= 15 is 0 Å². The van der Waals surface area contributed by atoms with Gasteiger partial charge in [0.15, 0.2) is 6.04 Å². The van der Waals surface area contributed by atoms with Crippen molar-refractivity contribution in [3.8, 4) is 11.8 Å². The Kier molecular flexibility index (Phi) is 10.6. The number of carbonyl (C=O) groups excluding carboxylic acids is 3. The molecule has 0 aromatic carbocycles. The Morgan fingerprint density at radius 2 is 2.09 bits per heavy atom. The average molecular weight is 309 g/mol. The van der Waals surface area contributed by atoms with E-state index in [2.05, 4.69) is 32.5 Å². The van der Waals surface area contributed by atoms with Crippen LogP contribution in [0.15, 0.2) is 5.11 Å². The van der Waals surface area contributed by atoms with Crippen LogP contribution in [0.25, 0.3) is 10.4 Å². The molecule has 2 amide bonds. The average Bonchev–Trinajstić information content (AvgIpc) is 2.47. The van der Waals surface area contributed by atoms with Crippen LogP contribution >= 0.6 is 0 Å². The highest BCUT2D eigenvalue weighted by molar-refractivity contribution is 5.82. The van der Waals surface area contributed by atoms with Gasteiger partial charge in [0, 0.05) is 17.9 Å². The highest BCUT2D eigenvalue weighted by atomic mass is 16.5. The Labute approximate surface area is 128 Å². The molecule has 1 atom stereocenters. The maximum atomic E-state index is 11.8. The van der Waals surface area contributed by atoms with Crippen molar-refractivity contribution >= 4 is 17.8 Å². The molecule has 9 heteroatoms. The van der Waals surface area contributed by atoms with Crippen molar-refractivity contribution in [1.29, 1.82) is 0 Å². The summed E-state index contributed by atoms with van der Waals surface area (Å²) in [4.78, 5) is 36.3. The number of rotatable bonds is 9. The molecule has 0 aromatic rings. The summed E-state index contributed by atoms with van der Waals surface area (Å²) in [7, 11) is 0. The molecular weight excluding hydrogens is 290 g/mol. The number of ether oxygens (including phenoxy) is 1. The zero-order valence-electron chi connectivity index (χ0n) is 12.6. The van der Waals surface area contributed by atoms with Crippen LogP contribution in [0.2, 0.25) is 0 Å². The first-order valence-electron chi connectivity index (χ1n) is 6.62. The fraction of sp³-hybridized carbons (Fsp3) is 0.615. The summed E-state index contributed by atoms with van der Waals surface area (Å²) in [5, 5.41) is 8.13. The van der Waals surface area contributed by atoms with Crippen molar-refractivity contribution in [1.82, 2.24) is 10.6 Å². The second-order valence-corrected chi connectivity index (χ2v) is 4.20. The fourth-order valence-corrected chi connectivity index (χ4v) is 1.30. The molecule has 120 valence electrons. The summed E-state index contributed by atoms with van der Waals surface area (Å²) >= 11 is 0. The molecule has 0 bridgehead atoms. The standard InChI is InChI=1S/C13H19N5O4/c1-3-4-7-16-13(21)22-9-11(17-18-14)12(20)15-8-5-6-10(2)19/h11H,5-9H2,1-2H3,(H,15,20)(H,16,21). The third-order valence-corrected chi connectivity index (χ3v) is 2.37. The molecule has 0 aromatic heterocycles. The zero-order valence-corrected chi connectivity index (χ0v) is 12.6. The number of alkyl carbamates (subject to hydrolysis) is 1.